The van der Waals surface area contributed by atoms with E-state index < -0.39 is 0 Å². The van der Waals surface area contributed by atoms with E-state index in [-0.39, 0.29) is 0 Å². The number of nitrogens with zero attached hydrogens (tertiary/aromatic N) is 1. The first kappa shape index (κ1) is 10.4. The number of rotatable bonds is 3. The van der Waals surface area contributed by atoms with Crippen molar-refractivity contribution in [3.63, 3.8) is 0 Å². The summed E-state index contributed by atoms with van der Waals surface area (Å²) in [6.07, 6.45) is 0. The molecule has 0 unspecified atom stereocenters. The van der Waals surface area contributed by atoms with Gasteiger partial charge in [0.1, 0.15) is 0 Å². The summed E-state index contributed by atoms with van der Waals surface area (Å²) < 4.78 is 10.8. The van der Waals surface area contributed by atoms with E-state index in [0.717, 1.165) is 27.9 Å². The van der Waals surface area contributed by atoms with Gasteiger partial charge in [-0.15, -0.1) is 11.3 Å². The lowest BCUT2D eigenvalue weighted by Gasteiger charge is -2.06. The number of benzene rings is 1. The van der Waals surface area contributed by atoms with Crippen molar-refractivity contribution in [2.24, 2.45) is 0 Å². The number of hydrogen-bond acceptors (Lipinski definition) is 5. The molecule has 1 aromatic heterocycles. The SMILES string of the molecule is Cc1csc(NCc2cccc3c2OCO3)n1. The number of ether oxygens (including phenoxy) is 2. The van der Waals surface area contributed by atoms with Crippen LogP contribution in [0, 0.1) is 6.92 Å². The molecule has 88 valence electrons. The number of fused-ring (bicyclic) bond motifs is 1. The van der Waals surface area contributed by atoms with Gasteiger partial charge in [0, 0.05) is 17.5 Å². The minimum atomic E-state index is 0.308. The van der Waals surface area contributed by atoms with Crippen LogP contribution >= 0.6 is 11.3 Å². The summed E-state index contributed by atoms with van der Waals surface area (Å²) in [4.78, 5) is 4.35. The fourth-order valence-electron chi connectivity index (χ4n) is 1.74. The second kappa shape index (κ2) is 4.25. The number of nitrogens with one attached hydrogen (secondary N) is 1. The average Bonchev–Trinajstić information content (AvgIpc) is 2.94. The Morgan fingerprint density at radius 2 is 2.35 bits per heavy atom. The van der Waals surface area contributed by atoms with Crippen molar-refractivity contribution in [2.45, 2.75) is 13.5 Å². The molecule has 0 spiro atoms. The van der Waals surface area contributed by atoms with Crippen LogP contribution in [0.5, 0.6) is 11.5 Å². The summed E-state index contributed by atoms with van der Waals surface area (Å²) in [5.41, 5.74) is 2.13. The predicted octanol–water partition coefficient (Wildman–Crippen LogP) is 2.79. The van der Waals surface area contributed by atoms with Gasteiger partial charge in [0.15, 0.2) is 16.6 Å². The molecule has 0 aliphatic carbocycles. The topological polar surface area (TPSA) is 43.4 Å². The number of aromatic nitrogens is 1. The molecule has 0 atom stereocenters. The van der Waals surface area contributed by atoms with E-state index in [0.29, 0.717) is 13.3 Å². The van der Waals surface area contributed by atoms with Gasteiger partial charge in [-0.3, -0.25) is 0 Å². The van der Waals surface area contributed by atoms with E-state index in [9.17, 15) is 0 Å². The van der Waals surface area contributed by atoms with E-state index in [2.05, 4.69) is 10.3 Å². The van der Waals surface area contributed by atoms with E-state index in [1.807, 2.05) is 30.5 Å². The van der Waals surface area contributed by atoms with Crippen molar-refractivity contribution < 1.29 is 9.47 Å². The highest BCUT2D eigenvalue weighted by Gasteiger charge is 2.16. The first-order valence-corrected chi connectivity index (χ1v) is 6.24. The summed E-state index contributed by atoms with van der Waals surface area (Å²) in [6.45, 7) is 2.99. The average molecular weight is 248 g/mol. The molecule has 3 rings (SSSR count). The Morgan fingerprint density at radius 3 is 3.18 bits per heavy atom. The third kappa shape index (κ3) is 2.06. The molecular weight excluding hydrogens is 236 g/mol. The van der Waals surface area contributed by atoms with Crippen molar-refractivity contribution in [1.29, 1.82) is 0 Å². The summed E-state index contributed by atoms with van der Waals surface area (Å²) in [5, 5.41) is 6.24. The van der Waals surface area contributed by atoms with Gasteiger partial charge in [0.2, 0.25) is 6.79 Å². The zero-order valence-electron chi connectivity index (χ0n) is 9.40. The molecule has 1 N–H and O–H groups in total. The minimum absolute atomic E-state index is 0.308. The molecule has 0 saturated carbocycles. The Balaban J connectivity index is 1.75. The van der Waals surface area contributed by atoms with Gasteiger partial charge in [-0.05, 0) is 13.0 Å². The fraction of sp³-hybridized carbons (Fsp3) is 0.250. The summed E-state index contributed by atoms with van der Waals surface area (Å²) in [6, 6.07) is 5.91. The van der Waals surface area contributed by atoms with Gasteiger partial charge in [-0.2, -0.15) is 0 Å². The largest absolute Gasteiger partial charge is 0.454 e. The van der Waals surface area contributed by atoms with Crippen LogP contribution in [0.15, 0.2) is 23.6 Å². The molecule has 2 aromatic rings. The van der Waals surface area contributed by atoms with E-state index >= 15 is 0 Å². The second-order valence-electron chi connectivity index (χ2n) is 3.80. The van der Waals surface area contributed by atoms with E-state index in [4.69, 9.17) is 9.47 Å². The lowest BCUT2D eigenvalue weighted by Crippen LogP contribution is -2.00. The predicted molar refractivity (Wildman–Crippen MR) is 66.7 cm³/mol. The van der Waals surface area contributed by atoms with Crippen molar-refractivity contribution in [2.75, 3.05) is 12.1 Å². The Labute approximate surface area is 103 Å². The highest BCUT2D eigenvalue weighted by atomic mass is 32.1. The standard InChI is InChI=1S/C12H12N2O2S/c1-8-6-17-12(14-8)13-5-9-3-2-4-10-11(9)16-7-15-10/h2-4,6H,5,7H2,1H3,(H,13,14). The third-order valence-electron chi connectivity index (χ3n) is 2.53. The van der Waals surface area contributed by atoms with E-state index in [1.54, 1.807) is 11.3 Å². The fourth-order valence-corrected chi connectivity index (χ4v) is 2.42. The molecule has 5 heteroatoms. The molecule has 4 nitrogen and oxygen atoms in total. The number of thiazole rings is 1. The highest BCUT2D eigenvalue weighted by Crippen LogP contribution is 2.35. The van der Waals surface area contributed by atoms with Crippen LogP contribution in [-0.4, -0.2) is 11.8 Å². The van der Waals surface area contributed by atoms with E-state index in [1.165, 1.54) is 0 Å². The molecule has 0 radical (unpaired) electrons. The third-order valence-corrected chi connectivity index (χ3v) is 3.45. The van der Waals surface area contributed by atoms with Crippen LogP contribution in [-0.2, 0) is 6.54 Å². The number of anilines is 1. The quantitative estimate of drug-likeness (QED) is 0.907. The molecule has 0 amide bonds. The number of para-hydroxylation sites is 1. The lowest BCUT2D eigenvalue weighted by atomic mass is 10.2. The molecule has 1 aliphatic rings. The Bertz CT molecular complexity index is 539. The van der Waals surface area contributed by atoms with Gasteiger partial charge in [0.05, 0.1) is 5.69 Å². The van der Waals surface area contributed by atoms with Crippen LogP contribution < -0.4 is 14.8 Å². The maximum atomic E-state index is 5.44. The Hall–Kier alpha value is -1.75. The van der Waals surface area contributed by atoms with Crippen molar-refractivity contribution in [3.8, 4) is 11.5 Å². The number of aryl methyl sites for hydroxylation is 1. The van der Waals surface area contributed by atoms with Crippen LogP contribution in [0.4, 0.5) is 5.13 Å². The Morgan fingerprint density at radius 1 is 1.41 bits per heavy atom. The van der Waals surface area contributed by atoms with Crippen LogP contribution in [0.1, 0.15) is 11.3 Å². The normalized spacial score (nSPS) is 12.8. The van der Waals surface area contributed by atoms with Crippen LogP contribution in [0.2, 0.25) is 0 Å². The molecule has 17 heavy (non-hydrogen) atoms. The van der Waals surface area contributed by atoms with Gasteiger partial charge in [-0.1, -0.05) is 12.1 Å². The summed E-state index contributed by atoms with van der Waals surface area (Å²) >= 11 is 1.61. The van der Waals surface area contributed by atoms with Gasteiger partial charge >= 0.3 is 0 Å². The van der Waals surface area contributed by atoms with Crippen LogP contribution in [0.25, 0.3) is 0 Å². The molecule has 1 aromatic carbocycles. The summed E-state index contributed by atoms with van der Waals surface area (Å²) in [5.74, 6) is 1.66. The second-order valence-corrected chi connectivity index (χ2v) is 4.66. The molecule has 0 fully saturated rings. The zero-order valence-corrected chi connectivity index (χ0v) is 10.2. The van der Waals surface area contributed by atoms with Crippen molar-refractivity contribution in [3.05, 3.63) is 34.8 Å². The van der Waals surface area contributed by atoms with Gasteiger partial charge < -0.3 is 14.8 Å². The minimum Gasteiger partial charge on any atom is -0.454 e. The first-order chi connectivity index (χ1) is 8.33. The molecule has 0 bridgehead atoms. The molecule has 1 aliphatic heterocycles. The van der Waals surface area contributed by atoms with Crippen molar-refractivity contribution in [1.82, 2.24) is 4.98 Å². The highest BCUT2D eigenvalue weighted by molar-refractivity contribution is 7.13. The molecule has 0 saturated heterocycles. The number of hydrogen-bond donors (Lipinski definition) is 1. The zero-order chi connectivity index (χ0) is 11.7. The van der Waals surface area contributed by atoms with Crippen molar-refractivity contribution >= 4 is 16.5 Å². The van der Waals surface area contributed by atoms with Gasteiger partial charge in [0.25, 0.3) is 0 Å². The Kier molecular flexibility index (Phi) is 2.60. The summed E-state index contributed by atoms with van der Waals surface area (Å²) in [7, 11) is 0. The first-order valence-electron chi connectivity index (χ1n) is 5.36. The molecular formula is C12H12N2O2S. The van der Waals surface area contributed by atoms with Gasteiger partial charge in [-0.25, -0.2) is 4.98 Å². The maximum Gasteiger partial charge on any atom is 0.231 e. The van der Waals surface area contributed by atoms with Crippen LogP contribution in [0.3, 0.4) is 0 Å². The molecule has 2 heterocycles. The smallest absolute Gasteiger partial charge is 0.231 e. The monoisotopic (exact) mass is 248 g/mol. The maximum absolute atomic E-state index is 5.44. The lowest BCUT2D eigenvalue weighted by molar-refractivity contribution is 0.173.